The molecule has 0 saturated carbocycles. The molecule has 102 valence electrons. The van der Waals surface area contributed by atoms with Gasteiger partial charge in [0.1, 0.15) is 0 Å². The number of halogens is 1. The molecule has 0 amide bonds. The van der Waals surface area contributed by atoms with E-state index in [1.54, 1.807) is 6.07 Å². The number of hydrogen-bond acceptors (Lipinski definition) is 2. The highest BCUT2D eigenvalue weighted by Crippen LogP contribution is 2.26. The first-order chi connectivity index (χ1) is 8.51. The molecule has 2 nitrogen and oxygen atoms in total. The lowest BCUT2D eigenvalue weighted by Crippen LogP contribution is -2.35. The molecule has 0 bridgehead atoms. The third kappa shape index (κ3) is 3.45. The Hall–Kier alpha value is -1.09. The second-order valence-electron chi connectivity index (χ2n) is 5.12. The van der Waals surface area contributed by atoms with E-state index in [-0.39, 0.29) is 5.82 Å². The topological polar surface area (TPSA) is 21.3 Å². The normalized spacial score (nSPS) is 14.6. The molecule has 0 aliphatic rings. The van der Waals surface area contributed by atoms with Gasteiger partial charge in [-0.15, -0.1) is 0 Å². The first-order valence-electron chi connectivity index (χ1n) is 6.49. The van der Waals surface area contributed by atoms with Crippen LogP contribution in [0.3, 0.4) is 0 Å². The van der Waals surface area contributed by atoms with Crippen LogP contribution < -0.4 is 10.1 Å². The molecule has 0 saturated heterocycles. The fourth-order valence-corrected chi connectivity index (χ4v) is 2.33. The number of methoxy groups -OCH3 is 1. The van der Waals surface area contributed by atoms with Gasteiger partial charge in [-0.1, -0.05) is 26.0 Å². The Kier molecular flexibility index (Phi) is 5.60. The van der Waals surface area contributed by atoms with Crippen molar-refractivity contribution in [3.63, 3.8) is 0 Å². The number of benzene rings is 1. The van der Waals surface area contributed by atoms with E-state index >= 15 is 0 Å². The van der Waals surface area contributed by atoms with Crippen molar-refractivity contribution in [2.75, 3.05) is 14.2 Å². The lowest BCUT2D eigenvalue weighted by Gasteiger charge is -2.27. The minimum absolute atomic E-state index is 0.228. The Morgan fingerprint density at radius 1 is 1.28 bits per heavy atom. The van der Waals surface area contributed by atoms with E-state index < -0.39 is 0 Å². The van der Waals surface area contributed by atoms with E-state index in [4.69, 9.17) is 4.74 Å². The maximum Gasteiger partial charge on any atom is 0.168 e. The summed E-state index contributed by atoms with van der Waals surface area (Å²) in [6, 6.07) is 5.70. The van der Waals surface area contributed by atoms with Crippen LogP contribution in [0.15, 0.2) is 18.2 Å². The van der Waals surface area contributed by atoms with Crippen molar-refractivity contribution < 1.29 is 9.13 Å². The number of ether oxygens (including phenoxy) is 1. The van der Waals surface area contributed by atoms with Crippen molar-refractivity contribution in [1.82, 2.24) is 5.32 Å². The molecule has 0 aromatic heterocycles. The summed E-state index contributed by atoms with van der Waals surface area (Å²) in [6.07, 6.45) is 0.725. The summed E-state index contributed by atoms with van der Waals surface area (Å²) in [5.41, 5.74) is 0.732. The minimum Gasteiger partial charge on any atom is -0.494 e. The van der Waals surface area contributed by atoms with Crippen LogP contribution in [0.2, 0.25) is 0 Å². The summed E-state index contributed by atoms with van der Waals surface area (Å²) in [5, 5.41) is 3.26. The molecule has 1 aromatic carbocycles. The quantitative estimate of drug-likeness (QED) is 0.840. The monoisotopic (exact) mass is 253 g/mol. The smallest absolute Gasteiger partial charge is 0.168 e. The molecule has 1 N–H and O–H groups in total. The van der Waals surface area contributed by atoms with Crippen LogP contribution in [0.4, 0.5) is 4.39 Å². The van der Waals surface area contributed by atoms with Crippen molar-refractivity contribution in [1.29, 1.82) is 0 Å². The molecule has 0 radical (unpaired) electrons. The van der Waals surface area contributed by atoms with E-state index in [0.29, 0.717) is 23.6 Å². The average molecular weight is 253 g/mol. The highest BCUT2D eigenvalue weighted by molar-refractivity contribution is 5.31. The summed E-state index contributed by atoms with van der Waals surface area (Å²) in [5.74, 6) is 0.996. The van der Waals surface area contributed by atoms with Gasteiger partial charge in [0, 0.05) is 6.04 Å². The van der Waals surface area contributed by atoms with Crippen LogP contribution in [0.25, 0.3) is 0 Å². The lowest BCUT2D eigenvalue weighted by molar-refractivity contribution is 0.295. The zero-order chi connectivity index (χ0) is 13.7. The van der Waals surface area contributed by atoms with Crippen LogP contribution in [-0.4, -0.2) is 20.2 Å². The molecule has 3 heteroatoms. The Labute approximate surface area is 110 Å². The molecule has 0 fully saturated rings. The molecule has 2 atom stereocenters. The van der Waals surface area contributed by atoms with Crippen molar-refractivity contribution in [3.05, 3.63) is 29.6 Å². The summed E-state index contributed by atoms with van der Waals surface area (Å²) in [7, 11) is 3.44. The van der Waals surface area contributed by atoms with Gasteiger partial charge in [0.25, 0.3) is 0 Å². The first-order valence-corrected chi connectivity index (χ1v) is 6.49. The van der Waals surface area contributed by atoms with E-state index in [9.17, 15) is 4.39 Å². The van der Waals surface area contributed by atoms with Crippen molar-refractivity contribution in [3.8, 4) is 5.75 Å². The molecule has 2 unspecified atom stereocenters. The third-order valence-corrected chi connectivity index (χ3v) is 3.67. The van der Waals surface area contributed by atoms with E-state index in [2.05, 4.69) is 26.1 Å². The molecular formula is C15H24FNO. The van der Waals surface area contributed by atoms with Gasteiger partial charge in [0.15, 0.2) is 11.6 Å². The van der Waals surface area contributed by atoms with Gasteiger partial charge in [-0.3, -0.25) is 0 Å². The Morgan fingerprint density at radius 3 is 2.44 bits per heavy atom. The molecule has 0 heterocycles. The van der Waals surface area contributed by atoms with Crippen LogP contribution in [0.5, 0.6) is 5.75 Å². The molecule has 1 aromatic rings. The number of hydrogen-bond donors (Lipinski definition) is 1. The maximum atomic E-state index is 14.1. The van der Waals surface area contributed by atoms with E-state index in [0.717, 1.165) is 12.0 Å². The second kappa shape index (κ2) is 6.74. The second-order valence-corrected chi connectivity index (χ2v) is 5.12. The first kappa shape index (κ1) is 15.0. The van der Waals surface area contributed by atoms with Gasteiger partial charge in [0.2, 0.25) is 0 Å². The lowest BCUT2D eigenvalue weighted by atomic mass is 9.84. The van der Waals surface area contributed by atoms with E-state index in [1.807, 2.05) is 19.2 Å². The standard InChI is InChI=1S/C15H24FNO/c1-10(2)13(11(3)17-4)9-12-7-6-8-14(18-5)15(12)16/h6-8,10-11,13,17H,9H2,1-5H3. The van der Waals surface area contributed by atoms with E-state index in [1.165, 1.54) is 7.11 Å². The predicted octanol–water partition coefficient (Wildman–Crippen LogP) is 3.26. The molecule has 0 aliphatic heterocycles. The highest BCUT2D eigenvalue weighted by atomic mass is 19.1. The summed E-state index contributed by atoms with van der Waals surface area (Å²) in [4.78, 5) is 0. The Bertz CT molecular complexity index is 379. The van der Waals surface area contributed by atoms with Crippen LogP contribution >= 0.6 is 0 Å². The van der Waals surface area contributed by atoms with Crippen molar-refractivity contribution in [2.45, 2.75) is 33.2 Å². The molecular weight excluding hydrogens is 229 g/mol. The van der Waals surface area contributed by atoms with Gasteiger partial charge in [-0.05, 0) is 43.9 Å². The zero-order valence-corrected chi connectivity index (χ0v) is 12.0. The van der Waals surface area contributed by atoms with Crippen molar-refractivity contribution in [2.24, 2.45) is 11.8 Å². The predicted molar refractivity (Wildman–Crippen MR) is 73.5 cm³/mol. The number of nitrogens with one attached hydrogen (secondary N) is 1. The molecule has 1 rings (SSSR count). The zero-order valence-electron chi connectivity index (χ0n) is 12.0. The average Bonchev–Trinajstić information content (AvgIpc) is 2.36. The SMILES string of the molecule is CNC(C)C(Cc1cccc(OC)c1F)C(C)C. The highest BCUT2D eigenvalue weighted by Gasteiger charge is 2.22. The fraction of sp³-hybridized carbons (Fsp3) is 0.600. The third-order valence-electron chi connectivity index (χ3n) is 3.67. The summed E-state index contributed by atoms with van der Waals surface area (Å²) in [6.45, 7) is 6.50. The molecule has 18 heavy (non-hydrogen) atoms. The number of rotatable bonds is 6. The largest absolute Gasteiger partial charge is 0.494 e. The van der Waals surface area contributed by atoms with Gasteiger partial charge >= 0.3 is 0 Å². The summed E-state index contributed by atoms with van der Waals surface area (Å²) < 4.78 is 19.1. The summed E-state index contributed by atoms with van der Waals surface area (Å²) >= 11 is 0. The van der Waals surface area contributed by atoms with Crippen LogP contribution in [0, 0.1) is 17.7 Å². The Balaban J connectivity index is 2.94. The van der Waals surface area contributed by atoms with Crippen molar-refractivity contribution >= 4 is 0 Å². The molecule has 0 spiro atoms. The minimum atomic E-state index is -0.228. The Morgan fingerprint density at radius 2 is 1.94 bits per heavy atom. The van der Waals surface area contributed by atoms with Gasteiger partial charge in [-0.2, -0.15) is 0 Å². The fourth-order valence-electron chi connectivity index (χ4n) is 2.33. The van der Waals surface area contributed by atoms with Gasteiger partial charge < -0.3 is 10.1 Å². The van der Waals surface area contributed by atoms with Gasteiger partial charge in [0.05, 0.1) is 7.11 Å². The van der Waals surface area contributed by atoms with Crippen LogP contribution in [0.1, 0.15) is 26.3 Å². The molecule has 0 aliphatic carbocycles. The van der Waals surface area contributed by atoms with Gasteiger partial charge in [-0.25, -0.2) is 4.39 Å². The van der Waals surface area contributed by atoms with Crippen LogP contribution in [-0.2, 0) is 6.42 Å². The maximum absolute atomic E-state index is 14.1.